The Kier molecular flexibility index (Phi) is 12.7. The van der Waals surface area contributed by atoms with Crippen LogP contribution in [-0.4, -0.2) is 81.5 Å². The van der Waals surface area contributed by atoms with E-state index >= 15 is 0 Å². The Hall–Kier alpha value is -4.50. The van der Waals surface area contributed by atoms with Crippen LogP contribution in [0.1, 0.15) is 44.1 Å². The van der Waals surface area contributed by atoms with Crippen molar-refractivity contribution in [3.05, 3.63) is 36.0 Å². The van der Waals surface area contributed by atoms with Crippen molar-refractivity contribution in [1.29, 1.82) is 0 Å². The molecule has 12 N–H and O–H groups in total. The van der Waals surface area contributed by atoms with Gasteiger partial charge < -0.3 is 48.3 Å². The van der Waals surface area contributed by atoms with Gasteiger partial charge in [-0.25, -0.2) is 4.79 Å². The van der Waals surface area contributed by atoms with Gasteiger partial charge >= 0.3 is 11.9 Å². The van der Waals surface area contributed by atoms with E-state index in [1.165, 1.54) is 0 Å². The molecule has 1 aromatic carbocycles. The van der Waals surface area contributed by atoms with Crippen LogP contribution in [-0.2, 0) is 35.2 Å². The Morgan fingerprint density at radius 3 is 2.12 bits per heavy atom. The fourth-order valence-electron chi connectivity index (χ4n) is 4.15. The molecule has 4 amide bonds. The molecule has 41 heavy (non-hydrogen) atoms. The third kappa shape index (κ3) is 10.5. The summed E-state index contributed by atoms with van der Waals surface area (Å²) in [4.78, 5) is 76.1. The van der Waals surface area contributed by atoms with Gasteiger partial charge in [0.15, 0.2) is 0 Å². The van der Waals surface area contributed by atoms with Crippen molar-refractivity contribution in [3.8, 4) is 0 Å². The van der Waals surface area contributed by atoms with E-state index in [1.807, 2.05) is 18.2 Å². The number of para-hydroxylation sites is 1. The molecule has 0 aliphatic carbocycles. The van der Waals surface area contributed by atoms with Gasteiger partial charge in [0.25, 0.3) is 0 Å². The lowest BCUT2D eigenvalue weighted by molar-refractivity contribution is -0.143. The number of benzene rings is 1. The lowest BCUT2D eigenvalue weighted by Crippen LogP contribution is -2.57. The number of aromatic nitrogens is 1. The lowest BCUT2D eigenvalue weighted by Gasteiger charge is -2.25. The molecule has 0 radical (unpaired) electrons. The highest BCUT2D eigenvalue weighted by Crippen LogP contribution is 2.19. The number of aliphatic carboxylic acids is 2. The van der Waals surface area contributed by atoms with Gasteiger partial charge in [-0.15, -0.1) is 0 Å². The van der Waals surface area contributed by atoms with Crippen LogP contribution in [0.4, 0.5) is 0 Å². The fraction of sp³-hybridized carbons (Fsp3) is 0.462. The smallest absolute Gasteiger partial charge is 0.326 e. The van der Waals surface area contributed by atoms with Crippen molar-refractivity contribution in [2.24, 2.45) is 17.2 Å². The lowest BCUT2D eigenvalue weighted by atomic mass is 10.0. The van der Waals surface area contributed by atoms with Gasteiger partial charge in [-0.05, 0) is 43.9 Å². The quantitative estimate of drug-likeness (QED) is 0.0922. The van der Waals surface area contributed by atoms with E-state index in [1.54, 1.807) is 12.3 Å². The van der Waals surface area contributed by atoms with Crippen LogP contribution in [0, 0.1) is 0 Å². The van der Waals surface area contributed by atoms with Gasteiger partial charge in [0.2, 0.25) is 23.6 Å². The maximum Gasteiger partial charge on any atom is 0.326 e. The molecular formula is C26H37N7O8. The van der Waals surface area contributed by atoms with Crippen molar-refractivity contribution in [2.45, 2.75) is 69.1 Å². The molecular weight excluding hydrogens is 538 g/mol. The summed E-state index contributed by atoms with van der Waals surface area (Å²) in [5.41, 5.74) is 17.9. The standard InChI is InChI=1S/C26H37N7O8/c27-10-4-3-7-18(24(38)32-19(26(40)41)8-9-22(35)36)31-25(39)20(33-23(37)16(28)12-21(29)34)11-14-13-30-17-6-2-1-5-15(14)17/h1-2,5-6,13,16,18-20,30H,3-4,7-12,27-28H2,(H2,29,34)(H,31,39)(H,32,38)(H,33,37)(H,35,36)(H,40,41). The Morgan fingerprint density at radius 2 is 1.49 bits per heavy atom. The van der Waals surface area contributed by atoms with E-state index < -0.39 is 72.6 Å². The fourth-order valence-corrected chi connectivity index (χ4v) is 4.15. The average Bonchev–Trinajstić information content (AvgIpc) is 3.31. The van der Waals surface area contributed by atoms with E-state index in [9.17, 15) is 33.9 Å². The number of H-pyrrole nitrogens is 1. The monoisotopic (exact) mass is 575 g/mol. The first-order valence-electron chi connectivity index (χ1n) is 13.1. The van der Waals surface area contributed by atoms with E-state index in [-0.39, 0.29) is 19.3 Å². The Morgan fingerprint density at radius 1 is 0.854 bits per heavy atom. The van der Waals surface area contributed by atoms with E-state index in [0.717, 1.165) is 10.9 Å². The number of carbonyl (C=O) groups is 6. The zero-order valence-electron chi connectivity index (χ0n) is 22.4. The van der Waals surface area contributed by atoms with Gasteiger partial charge in [-0.2, -0.15) is 0 Å². The van der Waals surface area contributed by atoms with Crippen molar-refractivity contribution >= 4 is 46.5 Å². The molecule has 0 saturated heterocycles. The minimum Gasteiger partial charge on any atom is -0.481 e. The third-order valence-corrected chi connectivity index (χ3v) is 6.33. The first kappa shape index (κ1) is 32.7. The number of carboxylic acid groups (broad SMARTS) is 2. The van der Waals surface area contributed by atoms with Gasteiger partial charge in [0.1, 0.15) is 18.1 Å². The summed E-state index contributed by atoms with van der Waals surface area (Å²) < 4.78 is 0. The number of unbranched alkanes of at least 4 members (excludes halogenated alkanes) is 1. The van der Waals surface area contributed by atoms with Crippen molar-refractivity contribution in [3.63, 3.8) is 0 Å². The molecule has 2 rings (SSSR count). The summed E-state index contributed by atoms with van der Waals surface area (Å²) in [5.74, 6) is -5.88. The highest BCUT2D eigenvalue weighted by Gasteiger charge is 2.31. The average molecular weight is 576 g/mol. The topological polar surface area (TPSA) is 273 Å². The summed E-state index contributed by atoms with van der Waals surface area (Å²) in [6.07, 6.45) is 1.36. The number of amides is 4. The second-order valence-electron chi connectivity index (χ2n) is 9.58. The Bertz CT molecular complexity index is 1250. The van der Waals surface area contributed by atoms with Crippen molar-refractivity contribution in [1.82, 2.24) is 20.9 Å². The van der Waals surface area contributed by atoms with Crippen molar-refractivity contribution < 1.29 is 39.0 Å². The molecule has 1 heterocycles. The maximum absolute atomic E-state index is 13.5. The number of hydrogen-bond donors (Lipinski definition) is 9. The van der Waals surface area contributed by atoms with Gasteiger partial charge in [-0.1, -0.05) is 18.2 Å². The number of nitrogens with one attached hydrogen (secondary N) is 4. The molecule has 0 bridgehead atoms. The van der Waals surface area contributed by atoms with E-state index in [2.05, 4.69) is 20.9 Å². The zero-order chi connectivity index (χ0) is 30.5. The molecule has 2 aromatic rings. The summed E-state index contributed by atoms with van der Waals surface area (Å²) in [5, 5.41) is 26.5. The van der Waals surface area contributed by atoms with Crippen molar-refractivity contribution in [2.75, 3.05) is 6.54 Å². The minimum absolute atomic E-state index is 0.0155. The molecule has 0 saturated carbocycles. The minimum atomic E-state index is -1.50. The van der Waals surface area contributed by atoms with Crippen LogP contribution in [0.15, 0.2) is 30.5 Å². The second kappa shape index (κ2) is 15.9. The molecule has 224 valence electrons. The number of hydrogen-bond acceptors (Lipinski definition) is 8. The molecule has 0 fully saturated rings. The Labute approximate surface area is 235 Å². The molecule has 15 nitrogen and oxygen atoms in total. The predicted molar refractivity (Wildman–Crippen MR) is 147 cm³/mol. The highest BCUT2D eigenvalue weighted by atomic mass is 16.4. The molecule has 0 aliphatic rings. The van der Waals surface area contributed by atoms with Crippen LogP contribution in [0.2, 0.25) is 0 Å². The molecule has 4 unspecified atom stereocenters. The molecule has 4 atom stereocenters. The molecule has 0 aliphatic heterocycles. The first-order valence-corrected chi connectivity index (χ1v) is 13.1. The maximum atomic E-state index is 13.5. The number of nitrogens with two attached hydrogens (primary N) is 3. The molecule has 0 spiro atoms. The Balaban J connectivity index is 2.29. The van der Waals surface area contributed by atoms with Crippen LogP contribution >= 0.6 is 0 Å². The number of primary amides is 1. The number of carboxylic acids is 2. The van der Waals surface area contributed by atoms with Gasteiger partial charge in [0.05, 0.1) is 12.5 Å². The molecule has 1 aromatic heterocycles. The second-order valence-corrected chi connectivity index (χ2v) is 9.58. The summed E-state index contributed by atoms with van der Waals surface area (Å²) in [6.45, 7) is 0.315. The van der Waals surface area contributed by atoms with Gasteiger partial charge in [-0.3, -0.25) is 24.0 Å². The van der Waals surface area contributed by atoms with Crippen LogP contribution < -0.4 is 33.2 Å². The predicted octanol–water partition coefficient (Wildman–Crippen LogP) is -1.55. The van der Waals surface area contributed by atoms with E-state index in [0.29, 0.717) is 24.9 Å². The largest absolute Gasteiger partial charge is 0.481 e. The first-order chi connectivity index (χ1) is 19.4. The van der Waals surface area contributed by atoms with Crippen LogP contribution in [0.3, 0.4) is 0 Å². The highest BCUT2D eigenvalue weighted by molar-refractivity contribution is 5.95. The summed E-state index contributed by atoms with van der Waals surface area (Å²) in [6, 6.07) is 2.00. The van der Waals surface area contributed by atoms with E-state index in [4.69, 9.17) is 22.3 Å². The summed E-state index contributed by atoms with van der Waals surface area (Å²) in [7, 11) is 0. The number of fused-ring (bicyclic) bond motifs is 1. The summed E-state index contributed by atoms with van der Waals surface area (Å²) >= 11 is 0. The number of rotatable bonds is 18. The zero-order valence-corrected chi connectivity index (χ0v) is 22.4. The SMILES string of the molecule is NCCCCC(NC(=O)C(Cc1c[nH]c2ccccc12)NC(=O)C(N)CC(N)=O)C(=O)NC(CCC(=O)O)C(=O)O. The van der Waals surface area contributed by atoms with Gasteiger partial charge in [0, 0.05) is 29.9 Å². The number of aromatic amines is 1. The molecule has 15 heteroatoms. The van der Waals surface area contributed by atoms with Crippen LogP contribution in [0.25, 0.3) is 10.9 Å². The number of carbonyl (C=O) groups excluding carboxylic acids is 4. The third-order valence-electron chi connectivity index (χ3n) is 6.33. The normalized spacial score (nSPS) is 13.9. The van der Waals surface area contributed by atoms with Crippen LogP contribution in [0.5, 0.6) is 0 Å².